The van der Waals surface area contributed by atoms with Crippen LogP contribution in [-0.4, -0.2) is 17.8 Å². The van der Waals surface area contributed by atoms with E-state index in [0.29, 0.717) is 6.54 Å². The smallest absolute Gasteiger partial charge is 0.0594 e. The second kappa shape index (κ2) is 4.07. The number of thioether (sulfide) groups is 1. The molecular formula is C11H14N2S. The molecule has 0 radical (unpaired) electrons. The van der Waals surface area contributed by atoms with Gasteiger partial charge >= 0.3 is 0 Å². The lowest BCUT2D eigenvalue weighted by molar-refractivity contribution is 0.976. The third kappa shape index (κ3) is 1.53. The summed E-state index contributed by atoms with van der Waals surface area (Å²) in [5, 5.41) is 1.31. The Balaban J connectivity index is 2.57. The maximum absolute atomic E-state index is 5.56. The van der Waals surface area contributed by atoms with Crippen molar-refractivity contribution < 1.29 is 0 Å². The van der Waals surface area contributed by atoms with E-state index in [1.54, 1.807) is 11.8 Å². The first-order valence-corrected chi connectivity index (χ1v) is 5.92. The summed E-state index contributed by atoms with van der Waals surface area (Å²) < 4.78 is 0. The Morgan fingerprint density at radius 2 is 2.29 bits per heavy atom. The minimum Gasteiger partial charge on any atom is -0.360 e. The second-order valence-corrected chi connectivity index (χ2v) is 4.08. The van der Waals surface area contributed by atoms with E-state index in [9.17, 15) is 0 Å². The van der Waals surface area contributed by atoms with Crippen LogP contribution in [0.3, 0.4) is 0 Å². The highest BCUT2D eigenvalue weighted by Gasteiger charge is 2.05. The van der Waals surface area contributed by atoms with E-state index in [4.69, 9.17) is 5.73 Å². The molecule has 0 aliphatic heterocycles. The fourth-order valence-corrected chi connectivity index (χ4v) is 2.30. The van der Waals surface area contributed by atoms with Gasteiger partial charge in [0.2, 0.25) is 0 Å². The number of H-pyrrole nitrogens is 1. The van der Waals surface area contributed by atoms with E-state index in [1.807, 2.05) is 0 Å². The minimum atomic E-state index is 0.705. The van der Waals surface area contributed by atoms with Gasteiger partial charge in [0.05, 0.1) is 5.52 Å². The van der Waals surface area contributed by atoms with Gasteiger partial charge in [-0.2, -0.15) is 0 Å². The molecule has 3 N–H and O–H groups in total. The molecule has 1 heterocycles. The summed E-state index contributed by atoms with van der Waals surface area (Å²) >= 11 is 1.77. The molecule has 1 aromatic heterocycles. The zero-order valence-corrected chi connectivity index (χ0v) is 9.03. The lowest BCUT2D eigenvalue weighted by atomic mass is 10.1. The van der Waals surface area contributed by atoms with Crippen LogP contribution in [0.4, 0.5) is 0 Å². The normalized spacial score (nSPS) is 11.0. The third-order valence-electron chi connectivity index (χ3n) is 2.40. The van der Waals surface area contributed by atoms with Gasteiger partial charge < -0.3 is 10.7 Å². The Kier molecular flexibility index (Phi) is 2.79. The zero-order chi connectivity index (χ0) is 9.97. The van der Waals surface area contributed by atoms with E-state index in [-0.39, 0.29) is 0 Å². The molecule has 0 bridgehead atoms. The van der Waals surface area contributed by atoms with Crippen molar-refractivity contribution in [1.82, 2.24) is 4.98 Å². The Bertz CT molecular complexity index is 434. The quantitative estimate of drug-likeness (QED) is 0.757. The number of hydrogen-bond acceptors (Lipinski definition) is 2. The maximum Gasteiger partial charge on any atom is 0.0594 e. The third-order valence-corrected chi connectivity index (χ3v) is 3.18. The number of aromatic amines is 1. The van der Waals surface area contributed by atoms with Crippen molar-refractivity contribution in [1.29, 1.82) is 0 Å². The lowest BCUT2D eigenvalue weighted by Crippen LogP contribution is -2.01. The van der Waals surface area contributed by atoms with Crippen molar-refractivity contribution in [2.75, 3.05) is 12.8 Å². The average molecular weight is 206 g/mol. The van der Waals surface area contributed by atoms with Gasteiger partial charge in [0.15, 0.2) is 0 Å². The molecule has 2 nitrogen and oxygen atoms in total. The van der Waals surface area contributed by atoms with E-state index >= 15 is 0 Å². The molecule has 0 fully saturated rings. The molecule has 2 aromatic rings. The molecule has 0 aliphatic carbocycles. The van der Waals surface area contributed by atoms with Gasteiger partial charge in [-0.3, -0.25) is 0 Å². The number of benzene rings is 1. The number of fused-ring (bicyclic) bond motifs is 1. The molecule has 2 rings (SSSR count). The second-order valence-electron chi connectivity index (χ2n) is 3.24. The molecule has 0 atom stereocenters. The van der Waals surface area contributed by atoms with Crippen LogP contribution in [0.25, 0.3) is 10.9 Å². The Labute approximate surface area is 87.9 Å². The van der Waals surface area contributed by atoms with Crippen molar-refractivity contribution in [3.63, 3.8) is 0 Å². The van der Waals surface area contributed by atoms with Gasteiger partial charge in [0.25, 0.3) is 0 Å². The van der Waals surface area contributed by atoms with Gasteiger partial charge in [-0.25, -0.2) is 0 Å². The Morgan fingerprint density at radius 3 is 3.00 bits per heavy atom. The van der Waals surface area contributed by atoms with Crippen LogP contribution in [0.15, 0.2) is 29.3 Å². The topological polar surface area (TPSA) is 41.8 Å². The van der Waals surface area contributed by atoms with Gasteiger partial charge in [-0.15, -0.1) is 11.8 Å². The van der Waals surface area contributed by atoms with Crippen LogP contribution in [0.1, 0.15) is 5.56 Å². The van der Waals surface area contributed by atoms with Gasteiger partial charge in [0.1, 0.15) is 0 Å². The van der Waals surface area contributed by atoms with Crippen LogP contribution in [-0.2, 0) is 6.42 Å². The predicted octanol–water partition coefficient (Wildman–Crippen LogP) is 2.39. The van der Waals surface area contributed by atoms with Crippen LogP contribution >= 0.6 is 11.8 Å². The van der Waals surface area contributed by atoms with E-state index < -0.39 is 0 Å². The SMILES string of the molecule is CSc1cccc2c(CCN)c[nH]c12. The van der Waals surface area contributed by atoms with Crippen LogP contribution in [0.2, 0.25) is 0 Å². The van der Waals surface area contributed by atoms with E-state index in [1.165, 1.54) is 21.4 Å². The summed E-state index contributed by atoms with van der Waals surface area (Å²) in [6.07, 6.45) is 5.10. The van der Waals surface area contributed by atoms with Gasteiger partial charge in [-0.1, -0.05) is 12.1 Å². The molecule has 0 spiro atoms. The average Bonchev–Trinajstić information content (AvgIpc) is 2.62. The highest BCUT2D eigenvalue weighted by Crippen LogP contribution is 2.27. The van der Waals surface area contributed by atoms with Crippen LogP contribution < -0.4 is 5.73 Å². The maximum atomic E-state index is 5.56. The summed E-state index contributed by atoms with van der Waals surface area (Å²) in [6.45, 7) is 0.705. The standard InChI is InChI=1S/C11H14N2S/c1-14-10-4-2-3-9-8(5-6-12)7-13-11(9)10/h2-4,7,13H,5-6,12H2,1H3. The van der Waals surface area contributed by atoms with Crippen molar-refractivity contribution in [2.24, 2.45) is 5.73 Å². The summed E-state index contributed by atoms with van der Waals surface area (Å²) in [5.41, 5.74) is 8.12. The Hall–Kier alpha value is -0.930. The number of aromatic nitrogens is 1. The largest absolute Gasteiger partial charge is 0.360 e. The lowest BCUT2D eigenvalue weighted by Gasteiger charge is -1.99. The number of nitrogens with two attached hydrogens (primary N) is 1. The zero-order valence-electron chi connectivity index (χ0n) is 8.21. The summed E-state index contributed by atoms with van der Waals surface area (Å²) in [5.74, 6) is 0. The van der Waals surface area contributed by atoms with Crippen molar-refractivity contribution in [2.45, 2.75) is 11.3 Å². The molecule has 14 heavy (non-hydrogen) atoms. The number of hydrogen-bond donors (Lipinski definition) is 2. The fourth-order valence-electron chi connectivity index (χ4n) is 1.72. The molecular weight excluding hydrogens is 192 g/mol. The van der Waals surface area contributed by atoms with Crippen molar-refractivity contribution in [3.8, 4) is 0 Å². The molecule has 74 valence electrons. The Morgan fingerprint density at radius 1 is 1.43 bits per heavy atom. The van der Waals surface area contributed by atoms with Gasteiger partial charge in [0, 0.05) is 16.5 Å². The monoisotopic (exact) mass is 206 g/mol. The molecule has 0 unspecified atom stereocenters. The molecule has 0 saturated carbocycles. The highest BCUT2D eigenvalue weighted by molar-refractivity contribution is 7.98. The van der Waals surface area contributed by atoms with E-state index in [0.717, 1.165) is 6.42 Å². The van der Waals surface area contributed by atoms with Gasteiger partial charge in [-0.05, 0) is 30.9 Å². The highest BCUT2D eigenvalue weighted by atomic mass is 32.2. The summed E-state index contributed by atoms with van der Waals surface area (Å²) in [4.78, 5) is 4.61. The first-order chi connectivity index (χ1) is 6.86. The predicted molar refractivity (Wildman–Crippen MR) is 62.8 cm³/mol. The fraction of sp³-hybridized carbons (Fsp3) is 0.273. The van der Waals surface area contributed by atoms with Crippen LogP contribution in [0, 0.1) is 0 Å². The molecule has 0 amide bonds. The van der Waals surface area contributed by atoms with Crippen molar-refractivity contribution >= 4 is 22.7 Å². The molecule has 1 aromatic carbocycles. The minimum absolute atomic E-state index is 0.705. The number of nitrogens with one attached hydrogen (secondary N) is 1. The number of para-hydroxylation sites is 1. The van der Waals surface area contributed by atoms with Crippen LogP contribution in [0.5, 0.6) is 0 Å². The molecule has 0 aliphatic rings. The first-order valence-electron chi connectivity index (χ1n) is 4.70. The van der Waals surface area contributed by atoms with E-state index in [2.05, 4.69) is 35.6 Å². The first kappa shape index (κ1) is 9.62. The number of rotatable bonds is 3. The van der Waals surface area contributed by atoms with Crippen molar-refractivity contribution in [3.05, 3.63) is 30.0 Å². The molecule has 3 heteroatoms. The molecule has 0 saturated heterocycles. The summed E-state index contributed by atoms with van der Waals surface area (Å²) in [6, 6.07) is 6.38. The summed E-state index contributed by atoms with van der Waals surface area (Å²) in [7, 11) is 0.